The second kappa shape index (κ2) is 12.2. The number of primary amides is 4. The number of carbonyl (C=O) groups is 4. The average molecular weight is 549 g/mol. The predicted octanol–water partition coefficient (Wildman–Crippen LogP) is -1.37. The molecular formula is C24H44N4O10. The van der Waals surface area contributed by atoms with Gasteiger partial charge >= 0.3 is 0 Å². The molecule has 0 radical (unpaired) electrons. The zero-order valence-corrected chi connectivity index (χ0v) is 23.6. The maximum atomic E-state index is 12.8. The van der Waals surface area contributed by atoms with Gasteiger partial charge < -0.3 is 51.4 Å². The third-order valence-electron chi connectivity index (χ3n) is 6.88. The van der Waals surface area contributed by atoms with E-state index in [2.05, 4.69) is 0 Å². The molecule has 38 heavy (non-hydrogen) atoms. The molecule has 0 saturated carbocycles. The molecule has 0 spiro atoms. The first-order valence-electron chi connectivity index (χ1n) is 12.2. The van der Waals surface area contributed by atoms with Crippen LogP contribution < -0.4 is 22.9 Å². The zero-order chi connectivity index (χ0) is 29.7. The van der Waals surface area contributed by atoms with Crippen LogP contribution in [-0.4, -0.2) is 96.9 Å². The topological polar surface area (TPSA) is 228 Å². The minimum atomic E-state index is -2.04. The Labute approximate surface area is 223 Å². The van der Waals surface area contributed by atoms with Gasteiger partial charge in [-0.15, -0.1) is 0 Å². The van der Waals surface area contributed by atoms with Crippen LogP contribution in [0.1, 0.15) is 55.4 Å². The lowest BCUT2D eigenvalue weighted by molar-refractivity contribution is -0.284. The van der Waals surface area contributed by atoms with Crippen molar-refractivity contribution in [3.05, 3.63) is 0 Å². The molecule has 0 aliphatic carbocycles. The summed E-state index contributed by atoms with van der Waals surface area (Å²) in [6, 6.07) is 0. The fourth-order valence-corrected chi connectivity index (χ4v) is 3.87. The van der Waals surface area contributed by atoms with Gasteiger partial charge in [-0.25, -0.2) is 0 Å². The Morgan fingerprint density at radius 1 is 0.605 bits per heavy atom. The Balaban J connectivity index is 3.51. The smallest absolute Gasteiger partial charge is 0.253 e. The van der Waals surface area contributed by atoms with Gasteiger partial charge in [-0.2, -0.15) is 0 Å². The molecule has 1 fully saturated rings. The number of carbonyl (C=O) groups excluding carboxylic acids is 4. The summed E-state index contributed by atoms with van der Waals surface area (Å²) < 4.78 is 34.9. The molecule has 220 valence electrons. The van der Waals surface area contributed by atoms with Crippen molar-refractivity contribution >= 4 is 23.6 Å². The van der Waals surface area contributed by atoms with E-state index in [4.69, 9.17) is 51.4 Å². The molecule has 0 aromatic heterocycles. The van der Waals surface area contributed by atoms with Crippen LogP contribution in [0.5, 0.6) is 0 Å². The van der Waals surface area contributed by atoms with Gasteiger partial charge in [-0.1, -0.05) is 0 Å². The number of hydrogen-bond acceptors (Lipinski definition) is 10. The van der Waals surface area contributed by atoms with Crippen LogP contribution in [0.4, 0.5) is 0 Å². The predicted molar refractivity (Wildman–Crippen MR) is 134 cm³/mol. The summed E-state index contributed by atoms with van der Waals surface area (Å²) >= 11 is 0. The quantitative estimate of drug-likeness (QED) is 0.322. The lowest BCUT2D eigenvalue weighted by Crippen LogP contribution is -2.70. The Hall–Kier alpha value is -2.36. The average Bonchev–Trinajstić information content (AvgIpc) is 2.74. The highest BCUT2D eigenvalue weighted by molar-refractivity contribution is 5.95. The summed E-state index contributed by atoms with van der Waals surface area (Å²) in [5.74, 6) is -3.89. The standard InChI is InChI=1S/C24H44N4O10/c1-20(2)13-35-15(17(26)30)14(16(25)29)34-11-9-33-10-12-36-23(7,18(27)31)24(8,19(28)32)38-22(5,6)21(3,4)37-20/h14-15H,9-13H2,1-8H3,(H2,25,29)(H2,26,30)(H2,27,31)(H2,28,32). The summed E-state index contributed by atoms with van der Waals surface area (Å²) in [7, 11) is 0. The monoisotopic (exact) mass is 548 g/mol. The third-order valence-corrected chi connectivity index (χ3v) is 6.88. The first kappa shape index (κ1) is 33.7. The van der Waals surface area contributed by atoms with E-state index in [0.29, 0.717) is 0 Å². The third kappa shape index (κ3) is 7.61. The van der Waals surface area contributed by atoms with E-state index in [9.17, 15) is 19.2 Å². The van der Waals surface area contributed by atoms with E-state index in [-0.39, 0.29) is 33.0 Å². The van der Waals surface area contributed by atoms with E-state index >= 15 is 0 Å². The van der Waals surface area contributed by atoms with E-state index in [1.54, 1.807) is 41.5 Å². The molecule has 1 saturated heterocycles. The molecule has 0 aromatic rings. The van der Waals surface area contributed by atoms with E-state index in [1.165, 1.54) is 13.8 Å². The molecule has 1 aliphatic heterocycles. The van der Waals surface area contributed by atoms with Gasteiger partial charge in [-0.05, 0) is 55.4 Å². The van der Waals surface area contributed by atoms with E-state index in [0.717, 1.165) is 0 Å². The highest BCUT2D eigenvalue weighted by atomic mass is 16.6. The van der Waals surface area contributed by atoms with Gasteiger partial charge in [0, 0.05) is 0 Å². The molecule has 4 amide bonds. The summed E-state index contributed by atoms with van der Waals surface area (Å²) in [5.41, 5.74) is 14.7. The van der Waals surface area contributed by atoms with E-state index in [1.807, 2.05) is 0 Å². The van der Waals surface area contributed by atoms with Gasteiger partial charge in [0.25, 0.3) is 11.8 Å². The molecule has 4 unspecified atom stereocenters. The van der Waals surface area contributed by atoms with Crippen molar-refractivity contribution in [2.24, 2.45) is 22.9 Å². The van der Waals surface area contributed by atoms with Gasteiger partial charge in [0.05, 0.1) is 49.8 Å². The van der Waals surface area contributed by atoms with Crippen molar-refractivity contribution in [2.45, 2.75) is 95.6 Å². The fraction of sp³-hybridized carbons (Fsp3) is 0.833. The molecule has 1 aliphatic rings. The van der Waals surface area contributed by atoms with Crippen LogP contribution in [-0.2, 0) is 47.6 Å². The molecule has 1 rings (SSSR count). The van der Waals surface area contributed by atoms with E-state index < -0.39 is 63.8 Å². The molecular weight excluding hydrogens is 504 g/mol. The van der Waals surface area contributed by atoms with Crippen molar-refractivity contribution < 1.29 is 47.6 Å². The van der Waals surface area contributed by atoms with Gasteiger partial charge in [0.15, 0.2) is 23.4 Å². The van der Waals surface area contributed by atoms with Crippen LogP contribution >= 0.6 is 0 Å². The van der Waals surface area contributed by atoms with Crippen LogP contribution in [0.25, 0.3) is 0 Å². The minimum Gasteiger partial charge on any atom is -0.377 e. The molecule has 14 nitrogen and oxygen atoms in total. The first-order valence-corrected chi connectivity index (χ1v) is 12.2. The van der Waals surface area contributed by atoms with Crippen molar-refractivity contribution in [3.8, 4) is 0 Å². The maximum absolute atomic E-state index is 12.8. The maximum Gasteiger partial charge on any atom is 0.253 e. The molecule has 0 aromatic carbocycles. The molecule has 8 N–H and O–H groups in total. The normalized spacial score (nSPS) is 33.3. The Kier molecular flexibility index (Phi) is 10.8. The summed E-state index contributed by atoms with van der Waals surface area (Å²) in [6.45, 7) is 11.9. The highest BCUT2D eigenvalue weighted by Gasteiger charge is 2.60. The van der Waals surface area contributed by atoms with Crippen LogP contribution in [0.3, 0.4) is 0 Å². The Bertz CT molecular complexity index is 893. The van der Waals surface area contributed by atoms with Crippen molar-refractivity contribution in [2.75, 3.05) is 33.0 Å². The summed E-state index contributed by atoms with van der Waals surface area (Å²) in [4.78, 5) is 49.5. The van der Waals surface area contributed by atoms with Crippen LogP contribution in [0.2, 0.25) is 0 Å². The number of nitrogens with two attached hydrogens (primary N) is 4. The summed E-state index contributed by atoms with van der Waals surface area (Å²) in [5, 5.41) is 0. The van der Waals surface area contributed by atoms with Crippen molar-refractivity contribution in [1.82, 2.24) is 0 Å². The molecule has 4 atom stereocenters. The highest BCUT2D eigenvalue weighted by Crippen LogP contribution is 2.41. The SMILES string of the molecule is CC1(C)COC(C(N)=O)C(C(N)=O)OCCOCCOC(C)(C(N)=O)C(C)(C(N)=O)OC(C)(C)C(C)(C)O1. The fourth-order valence-electron chi connectivity index (χ4n) is 3.87. The molecule has 14 heteroatoms. The first-order chi connectivity index (χ1) is 17.1. The molecule has 1 heterocycles. The largest absolute Gasteiger partial charge is 0.377 e. The van der Waals surface area contributed by atoms with Gasteiger partial charge in [0.2, 0.25) is 11.8 Å². The number of amides is 4. The van der Waals surface area contributed by atoms with Crippen molar-refractivity contribution in [3.63, 3.8) is 0 Å². The lowest BCUT2D eigenvalue weighted by Gasteiger charge is -2.51. The minimum absolute atomic E-state index is 0.0503. The van der Waals surface area contributed by atoms with Crippen molar-refractivity contribution in [1.29, 1.82) is 0 Å². The Morgan fingerprint density at radius 2 is 1.05 bits per heavy atom. The second-order valence-electron chi connectivity index (χ2n) is 11.1. The summed E-state index contributed by atoms with van der Waals surface area (Å²) in [6.07, 6.45) is -2.98. The van der Waals surface area contributed by atoms with Gasteiger partial charge in [0.1, 0.15) is 0 Å². The Morgan fingerprint density at radius 3 is 1.53 bits per heavy atom. The van der Waals surface area contributed by atoms with Crippen LogP contribution in [0, 0.1) is 0 Å². The van der Waals surface area contributed by atoms with Gasteiger partial charge in [-0.3, -0.25) is 19.2 Å². The second-order valence-corrected chi connectivity index (χ2v) is 11.1. The zero-order valence-electron chi connectivity index (χ0n) is 23.6. The number of hydrogen-bond donors (Lipinski definition) is 4. The van der Waals surface area contributed by atoms with Crippen LogP contribution in [0.15, 0.2) is 0 Å². The number of ether oxygens (including phenoxy) is 6. The number of rotatable bonds is 4. The molecule has 0 bridgehead atoms. The lowest BCUT2D eigenvalue weighted by atomic mass is 9.80.